The highest BCUT2D eigenvalue weighted by atomic mass is 32.1. The predicted molar refractivity (Wildman–Crippen MR) is 100 cm³/mol. The fourth-order valence-electron chi connectivity index (χ4n) is 2.17. The first-order valence-electron chi connectivity index (χ1n) is 7.96. The number of carbonyl (C=O) groups is 1. The van der Waals surface area contributed by atoms with Crippen LogP contribution < -0.4 is 16.0 Å². The highest BCUT2D eigenvalue weighted by Crippen LogP contribution is 2.16. The molecule has 0 fully saturated rings. The topological polar surface area (TPSA) is 65.5 Å². The predicted octanol–water partition coefficient (Wildman–Crippen LogP) is 2.33. The van der Waals surface area contributed by atoms with Gasteiger partial charge in [0.05, 0.1) is 6.54 Å². The average Bonchev–Trinajstić information content (AvgIpc) is 3.15. The van der Waals surface area contributed by atoms with Crippen molar-refractivity contribution >= 4 is 23.2 Å². The number of benzene rings is 1. The van der Waals surface area contributed by atoms with Crippen molar-refractivity contribution in [2.45, 2.75) is 19.4 Å². The molecule has 0 spiro atoms. The van der Waals surface area contributed by atoms with Crippen LogP contribution in [0.4, 0.5) is 0 Å². The summed E-state index contributed by atoms with van der Waals surface area (Å²) in [4.78, 5) is 16.1. The van der Waals surface area contributed by atoms with Crippen molar-refractivity contribution in [2.24, 2.45) is 4.99 Å². The molecule has 0 aliphatic carbocycles. The smallest absolute Gasteiger partial charge is 0.239 e. The van der Waals surface area contributed by atoms with Gasteiger partial charge in [0.15, 0.2) is 5.96 Å². The Balaban J connectivity index is 1.68. The van der Waals surface area contributed by atoms with E-state index in [9.17, 15) is 4.79 Å². The molecule has 3 N–H and O–H groups in total. The van der Waals surface area contributed by atoms with Gasteiger partial charge in [-0.15, -0.1) is 0 Å². The SMILES string of the molecule is CN=C(NCC(=O)NCc1ccccc1)NCC(C)c1ccsc1. The molecule has 0 bridgehead atoms. The number of hydrogen-bond acceptors (Lipinski definition) is 3. The number of hydrogen-bond donors (Lipinski definition) is 3. The Bertz CT molecular complexity index is 640. The molecular formula is C18H24N4OS. The molecule has 128 valence electrons. The van der Waals surface area contributed by atoms with E-state index in [1.54, 1.807) is 18.4 Å². The van der Waals surface area contributed by atoms with Gasteiger partial charge in [-0.2, -0.15) is 11.3 Å². The van der Waals surface area contributed by atoms with Gasteiger partial charge < -0.3 is 16.0 Å². The third-order valence-electron chi connectivity index (χ3n) is 3.66. The number of rotatable bonds is 7. The molecule has 6 heteroatoms. The highest BCUT2D eigenvalue weighted by Gasteiger charge is 2.08. The minimum absolute atomic E-state index is 0.0623. The first kappa shape index (κ1) is 18.0. The summed E-state index contributed by atoms with van der Waals surface area (Å²) in [6.07, 6.45) is 0. The lowest BCUT2D eigenvalue weighted by Gasteiger charge is -2.15. The molecule has 1 unspecified atom stereocenters. The number of amides is 1. The van der Waals surface area contributed by atoms with Crippen molar-refractivity contribution in [3.63, 3.8) is 0 Å². The van der Waals surface area contributed by atoms with Crippen molar-refractivity contribution in [1.82, 2.24) is 16.0 Å². The Labute approximate surface area is 147 Å². The molecule has 5 nitrogen and oxygen atoms in total. The Morgan fingerprint density at radius 1 is 1.17 bits per heavy atom. The van der Waals surface area contributed by atoms with E-state index in [4.69, 9.17) is 0 Å². The van der Waals surface area contributed by atoms with Crippen LogP contribution in [0.3, 0.4) is 0 Å². The molecule has 2 aromatic rings. The molecule has 1 amide bonds. The summed E-state index contributed by atoms with van der Waals surface area (Å²) in [5.74, 6) is 0.960. The van der Waals surface area contributed by atoms with Gasteiger partial charge in [0.25, 0.3) is 0 Å². The maximum Gasteiger partial charge on any atom is 0.239 e. The second kappa shape index (κ2) is 9.72. The molecule has 1 heterocycles. The second-order valence-corrected chi connectivity index (χ2v) is 6.31. The third-order valence-corrected chi connectivity index (χ3v) is 4.36. The van der Waals surface area contributed by atoms with Crippen molar-refractivity contribution in [3.05, 3.63) is 58.3 Å². The van der Waals surface area contributed by atoms with Crippen molar-refractivity contribution < 1.29 is 4.79 Å². The molecule has 24 heavy (non-hydrogen) atoms. The van der Waals surface area contributed by atoms with E-state index >= 15 is 0 Å². The van der Waals surface area contributed by atoms with Gasteiger partial charge in [-0.05, 0) is 33.9 Å². The normalized spacial score (nSPS) is 12.5. The summed E-state index contributed by atoms with van der Waals surface area (Å²) in [5.41, 5.74) is 2.39. The lowest BCUT2D eigenvalue weighted by molar-refractivity contribution is -0.120. The average molecular weight is 344 g/mol. The lowest BCUT2D eigenvalue weighted by Crippen LogP contribution is -2.43. The maximum absolute atomic E-state index is 11.9. The third kappa shape index (κ3) is 6.04. The summed E-state index contributed by atoms with van der Waals surface area (Å²) < 4.78 is 0. The number of nitrogens with one attached hydrogen (secondary N) is 3. The largest absolute Gasteiger partial charge is 0.356 e. The maximum atomic E-state index is 11.9. The zero-order chi connectivity index (χ0) is 17.2. The molecule has 1 aromatic carbocycles. The monoisotopic (exact) mass is 344 g/mol. The van der Waals surface area contributed by atoms with Gasteiger partial charge >= 0.3 is 0 Å². The number of aliphatic imine (C=N–C) groups is 1. The Morgan fingerprint density at radius 3 is 2.62 bits per heavy atom. The first-order valence-corrected chi connectivity index (χ1v) is 8.90. The summed E-state index contributed by atoms with van der Waals surface area (Å²) in [5, 5.41) is 13.4. The number of guanidine groups is 1. The Hall–Kier alpha value is -2.34. The minimum atomic E-state index is -0.0623. The molecule has 0 saturated carbocycles. The molecule has 0 aliphatic rings. The van der Waals surface area contributed by atoms with E-state index in [2.05, 4.69) is 44.7 Å². The molecule has 2 rings (SSSR count). The quantitative estimate of drug-likeness (QED) is 0.533. The fraction of sp³-hybridized carbons (Fsp3) is 0.333. The highest BCUT2D eigenvalue weighted by molar-refractivity contribution is 7.07. The molecule has 1 atom stereocenters. The van der Waals surface area contributed by atoms with Crippen LogP contribution in [0.1, 0.15) is 24.0 Å². The first-order chi connectivity index (χ1) is 11.7. The Morgan fingerprint density at radius 2 is 1.96 bits per heavy atom. The molecule has 0 saturated heterocycles. The van der Waals surface area contributed by atoms with Gasteiger partial charge in [-0.1, -0.05) is 37.3 Å². The zero-order valence-electron chi connectivity index (χ0n) is 14.1. The molecule has 0 radical (unpaired) electrons. The molecule has 1 aromatic heterocycles. The van der Waals surface area contributed by atoms with Crippen LogP contribution in [0.15, 0.2) is 52.2 Å². The van der Waals surface area contributed by atoms with Crippen LogP contribution in [0, 0.1) is 0 Å². The lowest BCUT2D eigenvalue weighted by atomic mass is 10.1. The number of thiophene rings is 1. The van der Waals surface area contributed by atoms with E-state index in [0.717, 1.165) is 12.1 Å². The van der Waals surface area contributed by atoms with Gasteiger partial charge in [0.2, 0.25) is 5.91 Å². The zero-order valence-corrected chi connectivity index (χ0v) is 14.9. The summed E-state index contributed by atoms with van der Waals surface area (Å²) in [6, 6.07) is 12.0. The van der Waals surface area contributed by atoms with E-state index in [-0.39, 0.29) is 12.5 Å². The summed E-state index contributed by atoms with van der Waals surface area (Å²) in [7, 11) is 1.70. The number of nitrogens with zero attached hydrogens (tertiary/aromatic N) is 1. The number of carbonyl (C=O) groups excluding carboxylic acids is 1. The standard InChI is InChI=1S/C18H24N4OS/c1-14(16-8-9-24-13-16)10-21-18(19-2)22-12-17(23)20-11-15-6-4-3-5-7-15/h3-9,13-14H,10-12H2,1-2H3,(H,20,23)(H2,19,21,22). The van der Waals surface area contributed by atoms with E-state index in [1.165, 1.54) is 5.56 Å². The van der Waals surface area contributed by atoms with Crippen LogP contribution >= 0.6 is 11.3 Å². The van der Waals surface area contributed by atoms with E-state index in [1.807, 2.05) is 30.3 Å². The van der Waals surface area contributed by atoms with E-state index < -0.39 is 0 Å². The van der Waals surface area contributed by atoms with Crippen LogP contribution in [-0.4, -0.2) is 32.0 Å². The van der Waals surface area contributed by atoms with Crippen LogP contribution in [0.25, 0.3) is 0 Å². The Kier molecular flexibility index (Phi) is 7.29. The van der Waals surface area contributed by atoms with Gasteiger partial charge in [-0.3, -0.25) is 9.79 Å². The van der Waals surface area contributed by atoms with Crippen molar-refractivity contribution in [2.75, 3.05) is 20.1 Å². The fourth-order valence-corrected chi connectivity index (χ4v) is 2.95. The minimum Gasteiger partial charge on any atom is -0.356 e. The van der Waals surface area contributed by atoms with Crippen LogP contribution in [0.5, 0.6) is 0 Å². The van der Waals surface area contributed by atoms with Crippen LogP contribution in [0.2, 0.25) is 0 Å². The summed E-state index contributed by atoms with van der Waals surface area (Å²) >= 11 is 1.70. The van der Waals surface area contributed by atoms with Crippen molar-refractivity contribution in [1.29, 1.82) is 0 Å². The van der Waals surface area contributed by atoms with E-state index in [0.29, 0.717) is 18.4 Å². The van der Waals surface area contributed by atoms with Gasteiger partial charge in [0, 0.05) is 20.1 Å². The summed E-state index contributed by atoms with van der Waals surface area (Å²) in [6.45, 7) is 3.65. The van der Waals surface area contributed by atoms with Crippen LogP contribution in [-0.2, 0) is 11.3 Å². The molecule has 0 aliphatic heterocycles. The van der Waals surface area contributed by atoms with Gasteiger partial charge in [0.1, 0.15) is 0 Å². The second-order valence-electron chi connectivity index (χ2n) is 5.53. The molecular weight excluding hydrogens is 320 g/mol. The van der Waals surface area contributed by atoms with Crippen molar-refractivity contribution in [3.8, 4) is 0 Å². The van der Waals surface area contributed by atoms with Gasteiger partial charge in [-0.25, -0.2) is 0 Å².